The second-order valence-corrected chi connectivity index (χ2v) is 8.25. The third-order valence-corrected chi connectivity index (χ3v) is 5.91. The molecule has 188 valence electrons. The topological polar surface area (TPSA) is 129 Å². The van der Waals surface area contributed by atoms with E-state index in [1.807, 2.05) is 0 Å². The Bertz CT molecular complexity index is 1060. The summed E-state index contributed by atoms with van der Waals surface area (Å²) < 4.78 is 15.5. The van der Waals surface area contributed by atoms with Crippen LogP contribution in [0.5, 0.6) is 0 Å². The number of esters is 1. The molecule has 10 heteroatoms. The van der Waals surface area contributed by atoms with Crippen molar-refractivity contribution in [3.63, 3.8) is 0 Å². The van der Waals surface area contributed by atoms with E-state index < -0.39 is 23.1 Å². The van der Waals surface area contributed by atoms with Crippen LogP contribution in [0, 0.1) is 10.1 Å². The molecule has 1 aliphatic carbocycles. The number of amides is 1. The van der Waals surface area contributed by atoms with Gasteiger partial charge < -0.3 is 24.8 Å². The van der Waals surface area contributed by atoms with Crippen LogP contribution in [0.1, 0.15) is 71.6 Å². The first-order valence-electron chi connectivity index (χ1n) is 11.6. The summed E-state index contributed by atoms with van der Waals surface area (Å²) in [5, 5.41) is 17.8. The van der Waals surface area contributed by atoms with Crippen LogP contribution in [-0.4, -0.2) is 43.7 Å². The number of methoxy groups -OCH3 is 2. The highest BCUT2D eigenvalue weighted by Gasteiger charge is 2.25. The van der Waals surface area contributed by atoms with Crippen LogP contribution in [0.4, 0.5) is 17.1 Å². The van der Waals surface area contributed by atoms with Crippen LogP contribution < -0.4 is 10.6 Å². The summed E-state index contributed by atoms with van der Waals surface area (Å²) in [6.45, 7) is 1.95. The van der Waals surface area contributed by atoms with Gasteiger partial charge in [0.15, 0.2) is 6.29 Å². The first kappa shape index (κ1) is 26.1. The fourth-order valence-electron chi connectivity index (χ4n) is 4.18. The van der Waals surface area contributed by atoms with Crippen molar-refractivity contribution in [2.45, 2.75) is 51.4 Å². The van der Waals surface area contributed by atoms with Crippen molar-refractivity contribution >= 4 is 28.9 Å². The lowest BCUT2D eigenvalue weighted by Gasteiger charge is -2.25. The van der Waals surface area contributed by atoms with E-state index in [-0.39, 0.29) is 29.5 Å². The van der Waals surface area contributed by atoms with E-state index in [0.717, 1.165) is 25.7 Å². The van der Waals surface area contributed by atoms with Crippen LogP contribution in [0.15, 0.2) is 36.4 Å². The Hall–Kier alpha value is -3.50. The second-order valence-electron chi connectivity index (χ2n) is 8.25. The zero-order chi connectivity index (χ0) is 25.4. The minimum absolute atomic E-state index is 0.119. The molecule has 0 spiro atoms. The molecule has 0 aliphatic heterocycles. The Morgan fingerprint density at radius 3 is 2.34 bits per heavy atom. The number of anilines is 2. The van der Waals surface area contributed by atoms with Gasteiger partial charge >= 0.3 is 5.97 Å². The number of hydrogen-bond acceptors (Lipinski definition) is 8. The minimum atomic E-state index is -1.01. The van der Waals surface area contributed by atoms with Gasteiger partial charge in [0, 0.05) is 31.9 Å². The maximum Gasteiger partial charge on any atom is 0.338 e. The first-order valence-corrected chi connectivity index (χ1v) is 11.6. The van der Waals surface area contributed by atoms with E-state index in [1.54, 1.807) is 25.1 Å². The fraction of sp³-hybridized carbons (Fsp3) is 0.440. The zero-order valence-electron chi connectivity index (χ0n) is 20.2. The molecule has 0 unspecified atom stereocenters. The van der Waals surface area contributed by atoms with E-state index in [9.17, 15) is 19.7 Å². The average molecular weight is 486 g/mol. The van der Waals surface area contributed by atoms with Gasteiger partial charge in [0.2, 0.25) is 0 Å². The van der Waals surface area contributed by atoms with Crippen LogP contribution in [0.25, 0.3) is 0 Å². The number of rotatable bonds is 10. The van der Waals surface area contributed by atoms with E-state index in [2.05, 4.69) is 10.6 Å². The van der Waals surface area contributed by atoms with Gasteiger partial charge in [-0.25, -0.2) is 4.79 Å². The zero-order valence-corrected chi connectivity index (χ0v) is 20.2. The highest BCUT2D eigenvalue weighted by molar-refractivity contribution is 6.07. The lowest BCUT2D eigenvalue weighted by Crippen LogP contribution is -2.24. The molecule has 3 rings (SSSR count). The summed E-state index contributed by atoms with van der Waals surface area (Å²) >= 11 is 0. The number of carbonyl (C=O) groups excluding carboxylic acids is 2. The van der Waals surface area contributed by atoms with Gasteiger partial charge in [-0.1, -0.05) is 19.3 Å². The van der Waals surface area contributed by atoms with Crippen molar-refractivity contribution in [2.24, 2.45) is 0 Å². The van der Waals surface area contributed by atoms with Gasteiger partial charge in [0.05, 0.1) is 34.0 Å². The Balaban J connectivity index is 1.93. The number of hydrogen-bond donors (Lipinski definition) is 2. The summed E-state index contributed by atoms with van der Waals surface area (Å²) in [5.74, 6) is -0.993. The number of nitro benzene ring substituents is 1. The van der Waals surface area contributed by atoms with Crippen molar-refractivity contribution in [3.8, 4) is 0 Å². The standard InChI is InChI=1S/C25H31N3O7/c1-4-35-24(30)17-10-12-20(26-18-8-6-5-7-9-18)21(15-17)27-23(29)16-11-13-22(28(31)32)19(14-16)25(33-2)34-3/h10-15,18,25-26H,4-9H2,1-3H3,(H,27,29). The van der Waals surface area contributed by atoms with Gasteiger partial charge in [0.25, 0.3) is 11.6 Å². The number of nitro groups is 1. The molecule has 10 nitrogen and oxygen atoms in total. The number of nitrogens with zero attached hydrogens (tertiary/aromatic N) is 1. The highest BCUT2D eigenvalue weighted by Crippen LogP contribution is 2.31. The van der Waals surface area contributed by atoms with Gasteiger partial charge in [-0.15, -0.1) is 0 Å². The molecule has 0 bridgehead atoms. The molecule has 2 N–H and O–H groups in total. The predicted octanol–water partition coefficient (Wildman–Crippen LogP) is 5.06. The second kappa shape index (κ2) is 12.3. The quantitative estimate of drug-likeness (QED) is 0.207. The van der Waals surface area contributed by atoms with Crippen LogP contribution in [-0.2, 0) is 14.2 Å². The lowest BCUT2D eigenvalue weighted by atomic mass is 9.95. The molecule has 1 amide bonds. The molecule has 1 saturated carbocycles. The summed E-state index contributed by atoms with van der Waals surface area (Å²) in [7, 11) is 2.71. The van der Waals surface area contributed by atoms with Crippen LogP contribution >= 0.6 is 0 Å². The monoisotopic (exact) mass is 485 g/mol. The normalized spacial score (nSPS) is 13.9. The van der Waals surface area contributed by atoms with Gasteiger partial charge in [0.1, 0.15) is 0 Å². The summed E-state index contributed by atoms with van der Waals surface area (Å²) in [6, 6.07) is 9.22. The molecule has 1 aliphatic rings. The Kier molecular flexibility index (Phi) is 9.16. The molecular formula is C25H31N3O7. The Labute approximate surface area is 204 Å². The van der Waals surface area contributed by atoms with Crippen molar-refractivity contribution in [2.75, 3.05) is 31.5 Å². The Morgan fingerprint density at radius 2 is 1.71 bits per heavy atom. The first-order chi connectivity index (χ1) is 16.9. The van der Waals surface area contributed by atoms with E-state index in [0.29, 0.717) is 16.9 Å². The summed E-state index contributed by atoms with van der Waals surface area (Å²) in [5.41, 5.74) is 1.48. The maximum atomic E-state index is 13.2. The Morgan fingerprint density at radius 1 is 1.03 bits per heavy atom. The highest BCUT2D eigenvalue weighted by atomic mass is 16.7. The van der Waals surface area contributed by atoms with Crippen molar-refractivity contribution in [1.29, 1.82) is 0 Å². The number of ether oxygens (including phenoxy) is 3. The number of carbonyl (C=O) groups is 2. The van der Waals surface area contributed by atoms with Gasteiger partial charge in [-0.05, 0) is 50.1 Å². The van der Waals surface area contributed by atoms with Gasteiger partial charge in [-0.3, -0.25) is 14.9 Å². The summed E-state index contributed by atoms with van der Waals surface area (Å²) in [6.07, 6.45) is 4.50. The van der Waals surface area contributed by atoms with Crippen LogP contribution in [0.2, 0.25) is 0 Å². The number of nitrogens with one attached hydrogen (secondary N) is 2. The molecule has 2 aromatic carbocycles. The SMILES string of the molecule is CCOC(=O)c1ccc(NC2CCCCC2)c(NC(=O)c2ccc([N+](=O)[O-])c(C(OC)OC)c2)c1. The third-order valence-electron chi connectivity index (χ3n) is 5.91. The molecule has 0 atom stereocenters. The summed E-state index contributed by atoms with van der Waals surface area (Å²) in [4.78, 5) is 36.4. The van der Waals surface area contributed by atoms with Gasteiger partial charge in [-0.2, -0.15) is 0 Å². The van der Waals surface area contributed by atoms with Crippen molar-refractivity contribution in [3.05, 3.63) is 63.2 Å². The molecule has 0 aromatic heterocycles. The number of benzene rings is 2. The van der Waals surface area contributed by atoms with E-state index in [4.69, 9.17) is 14.2 Å². The molecule has 0 heterocycles. The van der Waals surface area contributed by atoms with Crippen molar-refractivity contribution in [1.82, 2.24) is 0 Å². The largest absolute Gasteiger partial charge is 0.462 e. The van der Waals surface area contributed by atoms with E-state index >= 15 is 0 Å². The molecule has 0 radical (unpaired) electrons. The lowest BCUT2D eigenvalue weighted by molar-refractivity contribution is -0.387. The molecular weight excluding hydrogens is 454 g/mol. The molecule has 1 fully saturated rings. The van der Waals surface area contributed by atoms with E-state index in [1.165, 1.54) is 38.8 Å². The predicted molar refractivity (Wildman–Crippen MR) is 131 cm³/mol. The van der Waals surface area contributed by atoms with Crippen molar-refractivity contribution < 1.29 is 28.7 Å². The smallest absolute Gasteiger partial charge is 0.338 e. The minimum Gasteiger partial charge on any atom is -0.462 e. The average Bonchev–Trinajstić information content (AvgIpc) is 2.86. The third kappa shape index (κ3) is 6.55. The maximum absolute atomic E-state index is 13.2. The molecule has 35 heavy (non-hydrogen) atoms. The fourth-order valence-corrected chi connectivity index (χ4v) is 4.18. The van der Waals surface area contributed by atoms with Crippen LogP contribution in [0.3, 0.4) is 0 Å². The molecule has 2 aromatic rings. The molecule has 0 saturated heterocycles.